The molecule has 1 aromatic rings. The molecule has 2 rings (SSSR count). The van der Waals surface area contributed by atoms with Crippen molar-refractivity contribution in [2.75, 3.05) is 25.5 Å². The molecule has 0 unspecified atom stereocenters. The summed E-state index contributed by atoms with van der Waals surface area (Å²) in [4.78, 5) is 0.0647. The van der Waals surface area contributed by atoms with Crippen LogP contribution in [0.25, 0.3) is 0 Å². The normalized spacial score (nSPS) is 17.5. The van der Waals surface area contributed by atoms with Gasteiger partial charge < -0.3 is 15.6 Å². The molecule has 1 aliphatic heterocycles. The number of ether oxygens (including phenoxy) is 1. The number of phenolic OH excluding ortho intramolecular Hbond substituents is 1. The summed E-state index contributed by atoms with van der Waals surface area (Å²) in [7, 11) is -3.58. The summed E-state index contributed by atoms with van der Waals surface area (Å²) >= 11 is 0. The molecule has 106 valence electrons. The molecular weight excluding hydrogens is 268 g/mol. The molecule has 1 heterocycles. The maximum atomic E-state index is 12.1. The first-order valence-electron chi connectivity index (χ1n) is 6.15. The number of nitrogen functional groups attached to an aromatic ring is 1. The van der Waals surface area contributed by atoms with Gasteiger partial charge in [0.1, 0.15) is 5.75 Å². The highest BCUT2D eigenvalue weighted by atomic mass is 32.2. The third kappa shape index (κ3) is 3.59. The average Bonchev–Trinajstić information content (AvgIpc) is 2.41. The molecule has 0 radical (unpaired) electrons. The maximum absolute atomic E-state index is 12.1. The second kappa shape index (κ2) is 5.77. The lowest BCUT2D eigenvalue weighted by atomic mass is 10.0. The maximum Gasteiger partial charge on any atom is 0.240 e. The van der Waals surface area contributed by atoms with E-state index in [1.165, 1.54) is 18.2 Å². The van der Waals surface area contributed by atoms with Gasteiger partial charge in [0, 0.05) is 19.8 Å². The predicted molar refractivity (Wildman–Crippen MR) is 71.3 cm³/mol. The van der Waals surface area contributed by atoms with Crippen LogP contribution in [0.5, 0.6) is 5.75 Å². The third-order valence-electron chi connectivity index (χ3n) is 3.21. The highest BCUT2D eigenvalue weighted by Crippen LogP contribution is 2.23. The Kier molecular flexibility index (Phi) is 4.28. The van der Waals surface area contributed by atoms with E-state index in [0.29, 0.717) is 25.7 Å². The number of phenols is 1. The zero-order chi connectivity index (χ0) is 13.9. The Morgan fingerprint density at radius 3 is 2.68 bits per heavy atom. The summed E-state index contributed by atoms with van der Waals surface area (Å²) in [5, 5.41) is 9.29. The molecule has 0 aromatic heterocycles. The molecular formula is C12H18N2O4S. The van der Waals surface area contributed by atoms with Crippen LogP contribution in [0.1, 0.15) is 12.8 Å². The molecule has 0 atom stereocenters. The van der Waals surface area contributed by atoms with Crippen LogP contribution in [0.3, 0.4) is 0 Å². The van der Waals surface area contributed by atoms with E-state index in [1.54, 1.807) is 0 Å². The first-order chi connectivity index (χ1) is 8.99. The third-order valence-corrected chi connectivity index (χ3v) is 4.63. The number of benzene rings is 1. The predicted octanol–water partition coefficient (Wildman–Crippen LogP) is 0.679. The SMILES string of the molecule is Nc1cc(S(=O)(=O)NCC2CCOCC2)ccc1O. The fourth-order valence-corrected chi connectivity index (χ4v) is 3.11. The van der Waals surface area contributed by atoms with Crippen LogP contribution in [0, 0.1) is 5.92 Å². The van der Waals surface area contributed by atoms with E-state index in [2.05, 4.69) is 4.72 Å². The number of nitrogens with one attached hydrogen (secondary N) is 1. The van der Waals surface area contributed by atoms with Gasteiger partial charge in [0.05, 0.1) is 10.6 Å². The number of hydrogen-bond donors (Lipinski definition) is 3. The van der Waals surface area contributed by atoms with E-state index in [1.807, 2.05) is 0 Å². The molecule has 7 heteroatoms. The molecule has 0 amide bonds. The van der Waals surface area contributed by atoms with Crippen molar-refractivity contribution in [3.8, 4) is 5.75 Å². The Balaban J connectivity index is 2.02. The molecule has 0 bridgehead atoms. The van der Waals surface area contributed by atoms with Crippen LogP contribution in [0.15, 0.2) is 23.1 Å². The monoisotopic (exact) mass is 286 g/mol. The van der Waals surface area contributed by atoms with Crippen molar-refractivity contribution in [3.63, 3.8) is 0 Å². The Morgan fingerprint density at radius 1 is 1.37 bits per heavy atom. The summed E-state index contributed by atoms with van der Waals surface area (Å²) < 4.78 is 31.9. The minimum Gasteiger partial charge on any atom is -0.506 e. The van der Waals surface area contributed by atoms with E-state index in [-0.39, 0.29) is 16.3 Å². The Morgan fingerprint density at radius 2 is 2.05 bits per heavy atom. The smallest absolute Gasteiger partial charge is 0.240 e. The summed E-state index contributed by atoms with van der Waals surface area (Å²) in [6, 6.07) is 3.86. The van der Waals surface area contributed by atoms with Gasteiger partial charge in [-0.2, -0.15) is 0 Å². The minimum absolute atomic E-state index is 0.0499. The lowest BCUT2D eigenvalue weighted by molar-refractivity contribution is 0.0678. The van der Waals surface area contributed by atoms with Gasteiger partial charge >= 0.3 is 0 Å². The van der Waals surface area contributed by atoms with Crippen molar-refractivity contribution in [1.29, 1.82) is 0 Å². The largest absolute Gasteiger partial charge is 0.506 e. The lowest BCUT2D eigenvalue weighted by Crippen LogP contribution is -2.32. The molecule has 0 spiro atoms. The Hall–Kier alpha value is -1.31. The summed E-state index contributed by atoms with van der Waals surface area (Å²) in [6.07, 6.45) is 1.72. The van der Waals surface area contributed by atoms with E-state index in [0.717, 1.165) is 12.8 Å². The van der Waals surface area contributed by atoms with Crippen LogP contribution in [-0.2, 0) is 14.8 Å². The molecule has 1 saturated heterocycles. The fraction of sp³-hybridized carbons (Fsp3) is 0.500. The van der Waals surface area contributed by atoms with Gasteiger partial charge in [0.15, 0.2) is 0 Å². The number of nitrogens with two attached hydrogens (primary N) is 1. The van der Waals surface area contributed by atoms with E-state index < -0.39 is 10.0 Å². The lowest BCUT2D eigenvalue weighted by Gasteiger charge is -2.22. The Labute approximate surface area is 112 Å². The topological polar surface area (TPSA) is 102 Å². The van der Waals surface area contributed by atoms with Crippen LogP contribution in [0.4, 0.5) is 5.69 Å². The highest BCUT2D eigenvalue weighted by molar-refractivity contribution is 7.89. The van der Waals surface area contributed by atoms with Crippen molar-refractivity contribution in [1.82, 2.24) is 4.72 Å². The second-order valence-corrected chi connectivity index (χ2v) is 6.40. The van der Waals surface area contributed by atoms with Crippen molar-refractivity contribution in [3.05, 3.63) is 18.2 Å². The van der Waals surface area contributed by atoms with Gasteiger partial charge in [-0.15, -0.1) is 0 Å². The van der Waals surface area contributed by atoms with Crippen LogP contribution < -0.4 is 10.5 Å². The van der Waals surface area contributed by atoms with E-state index in [4.69, 9.17) is 10.5 Å². The molecule has 19 heavy (non-hydrogen) atoms. The highest BCUT2D eigenvalue weighted by Gasteiger charge is 2.19. The molecule has 1 aromatic carbocycles. The van der Waals surface area contributed by atoms with Gasteiger partial charge in [0.25, 0.3) is 0 Å². The molecule has 0 saturated carbocycles. The first kappa shape index (κ1) is 14.1. The van der Waals surface area contributed by atoms with E-state index >= 15 is 0 Å². The van der Waals surface area contributed by atoms with Gasteiger partial charge in [-0.1, -0.05) is 0 Å². The Bertz CT molecular complexity index is 539. The quantitative estimate of drug-likeness (QED) is 0.558. The molecule has 0 aliphatic carbocycles. The zero-order valence-electron chi connectivity index (χ0n) is 10.5. The van der Waals surface area contributed by atoms with Crippen molar-refractivity contribution in [2.45, 2.75) is 17.7 Å². The van der Waals surface area contributed by atoms with Crippen molar-refractivity contribution < 1.29 is 18.3 Å². The molecule has 1 fully saturated rings. The van der Waals surface area contributed by atoms with Crippen molar-refractivity contribution >= 4 is 15.7 Å². The van der Waals surface area contributed by atoms with Crippen molar-refractivity contribution in [2.24, 2.45) is 5.92 Å². The number of anilines is 1. The number of sulfonamides is 1. The molecule has 6 nitrogen and oxygen atoms in total. The number of rotatable bonds is 4. The van der Waals surface area contributed by atoms with Crippen LogP contribution in [0.2, 0.25) is 0 Å². The number of hydrogen-bond acceptors (Lipinski definition) is 5. The molecule has 4 N–H and O–H groups in total. The van der Waals surface area contributed by atoms with Gasteiger partial charge in [0.2, 0.25) is 10.0 Å². The van der Waals surface area contributed by atoms with Gasteiger partial charge in [-0.3, -0.25) is 0 Å². The minimum atomic E-state index is -3.58. The zero-order valence-corrected chi connectivity index (χ0v) is 11.3. The molecule has 1 aliphatic rings. The number of aromatic hydroxyl groups is 1. The van der Waals surface area contributed by atoms with Crippen LogP contribution >= 0.6 is 0 Å². The fourth-order valence-electron chi connectivity index (χ4n) is 1.96. The standard InChI is InChI=1S/C12H18N2O4S/c13-11-7-10(1-2-12(11)15)19(16,17)14-8-9-3-5-18-6-4-9/h1-2,7,9,14-15H,3-6,8,13H2. The first-order valence-corrected chi connectivity index (χ1v) is 7.63. The van der Waals surface area contributed by atoms with Crippen LogP contribution in [-0.4, -0.2) is 33.3 Å². The second-order valence-electron chi connectivity index (χ2n) is 4.63. The summed E-state index contributed by atoms with van der Waals surface area (Å²) in [5.41, 5.74) is 5.55. The summed E-state index contributed by atoms with van der Waals surface area (Å²) in [6.45, 7) is 1.75. The van der Waals surface area contributed by atoms with E-state index in [9.17, 15) is 13.5 Å². The average molecular weight is 286 g/mol. The van der Waals surface area contributed by atoms with Gasteiger partial charge in [-0.05, 0) is 37.0 Å². The van der Waals surface area contributed by atoms with Gasteiger partial charge in [-0.25, -0.2) is 13.1 Å². The summed E-state index contributed by atoms with van der Waals surface area (Å²) in [5.74, 6) is 0.182.